The molecule has 0 aliphatic rings. The molecule has 1 atom stereocenters. The van der Waals surface area contributed by atoms with Crippen molar-refractivity contribution in [2.45, 2.75) is 6.04 Å². The predicted molar refractivity (Wildman–Crippen MR) is 63.2 cm³/mol. The van der Waals surface area contributed by atoms with Crippen LogP contribution in [0.5, 0.6) is 0 Å². The summed E-state index contributed by atoms with van der Waals surface area (Å²) in [5.74, 6) is -1.12. The van der Waals surface area contributed by atoms with Crippen LogP contribution in [0.15, 0.2) is 24.3 Å². The van der Waals surface area contributed by atoms with Gasteiger partial charge in [-0.3, -0.25) is 19.8 Å². The maximum atomic E-state index is 11.2. The standard InChI is InChI=1S/C11H14N2O5/c1-12(5-6-14)10(11(15)16)8-3-2-4-9(7-8)13(17)18/h2-4,7,10,14H,5-6H2,1H3,(H,15,16). The van der Waals surface area contributed by atoms with Gasteiger partial charge in [-0.2, -0.15) is 0 Å². The van der Waals surface area contributed by atoms with Crippen molar-refractivity contribution in [3.05, 3.63) is 39.9 Å². The minimum Gasteiger partial charge on any atom is -0.480 e. The summed E-state index contributed by atoms with van der Waals surface area (Å²) in [4.78, 5) is 22.7. The van der Waals surface area contributed by atoms with E-state index in [4.69, 9.17) is 10.2 Å². The summed E-state index contributed by atoms with van der Waals surface area (Å²) in [5, 5.41) is 28.6. The van der Waals surface area contributed by atoms with Gasteiger partial charge in [0.2, 0.25) is 0 Å². The van der Waals surface area contributed by atoms with Crippen molar-refractivity contribution in [1.29, 1.82) is 0 Å². The van der Waals surface area contributed by atoms with Gasteiger partial charge in [0.15, 0.2) is 0 Å². The van der Waals surface area contributed by atoms with Gasteiger partial charge in [-0.1, -0.05) is 12.1 Å². The summed E-state index contributed by atoms with van der Waals surface area (Å²) in [6.45, 7) is -0.0190. The van der Waals surface area contributed by atoms with Crippen molar-refractivity contribution in [1.82, 2.24) is 4.90 Å². The monoisotopic (exact) mass is 254 g/mol. The number of nitrogens with zero attached hydrogens (tertiary/aromatic N) is 2. The number of nitro benzene ring substituents is 1. The smallest absolute Gasteiger partial charge is 0.325 e. The highest BCUT2D eigenvalue weighted by Crippen LogP contribution is 2.23. The number of rotatable bonds is 6. The van der Waals surface area contributed by atoms with Gasteiger partial charge in [0, 0.05) is 18.7 Å². The second kappa shape index (κ2) is 6.08. The van der Waals surface area contributed by atoms with E-state index in [9.17, 15) is 14.9 Å². The first-order chi connectivity index (χ1) is 8.47. The second-order valence-corrected chi connectivity index (χ2v) is 3.80. The molecule has 0 heterocycles. The van der Waals surface area contributed by atoms with E-state index in [1.165, 1.54) is 36.2 Å². The van der Waals surface area contributed by atoms with Gasteiger partial charge in [0.1, 0.15) is 6.04 Å². The number of carboxylic acid groups (broad SMARTS) is 1. The lowest BCUT2D eigenvalue weighted by atomic mass is 10.1. The molecule has 0 radical (unpaired) electrons. The number of aliphatic hydroxyl groups is 1. The lowest BCUT2D eigenvalue weighted by Crippen LogP contribution is -2.32. The average molecular weight is 254 g/mol. The molecular weight excluding hydrogens is 240 g/mol. The first kappa shape index (κ1) is 14.1. The SMILES string of the molecule is CN(CCO)C(C(=O)O)c1cccc([N+](=O)[O-])c1. The zero-order valence-corrected chi connectivity index (χ0v) is 9.81. The average Bonchev–Trinajstić information content (AvgIpc) is 2.29. The zero-order valence-electron chi connectivity index (χ0n) is 9.81. The Morgan fingerprint density at radius 3 is 2.72 bits per heavy atom. The van der Waals surface area contributed by atoms with E-state index in [0.29, 0.717) is 5.56 Å². The fraction of sp³-hybridized carbons (Fsp3) is 0.364. The Labute approximate surface area is 103 Å². The molecule has 0 amide bonds. The highest BCUT2D eigenvalue weighted by atomic mass is 16.6. The van der Waals surface area contributed by atoms with Crippen LogP contribution in [0.4, 0.5) is 5.69 Å². The van der Waals surface area contributed by atoms with Gasteiger partial charge in [-0.15, -0.1) is 0 Å². The van der Waals surface area contributed by atoms with Crippen LogP contribution in [-0.4, -0.2) is 46.2 Å². The Balaban J connectivity index is 3.09. The number of carboxylic acids is 1. The highest BCUT2D eigenvalue weighted by molar-refractivity contribution is 5.75. The van der Waals surface area contributed by atoms with Crippen LogP contribution in [0.2, 0.25) is 0 Å². The molecule has 0 aliphatic heterocycles. The van der Waals surface area contributed by atoms with E-state index in [0.717, 1.165) is 0 Å². The third-order valence-corrected chi connectivity index (χ3v) is 2.52. The Hall–Kier alpha value is -1.99. The number of aliphatic hydroxyl groups excluding tert-OH is 1. The minimum atomic E-state index is -1.12. The summed E-state index contributed by atoms with van der Waals surface area (Å²) in [6.07, 6.45) is 0. The summed E-state index contributed by atoms with van der Waals surface area (Å²) in [7, 11) is 1.54. The lowest BCUT2D eigenvalue weighted by molar-refractivity contribution is -0.384. The van der Waals surface area contributed by atoms with E-state index in [2.05, 4.69) is 0 Å². The molecule has 1 aromatic rings. The maximum absolute atomic E-state index is 11.2. The fourth-order valence-corrected chi connectivity index (χ4v) is 1.68. The number of likely N-dealkylation sites (N-methyl/N-ethyl adjacent to an activating group) is 1. The van der Waals surface area contributed by atoms with Crippen LogP contribution >= 0.6 is 0 Å². The Kier molecular flexibility index (Phi) is 4.75. The number of benzene rings is 1. The lowest BCUT2D eigenvalue weighted by Gasteiger charge is -2.23. The van der Waals surface area contributed by atoms with Crippen LogP contribution in [0.25, 0.3) is 0 Å². The summed E-state index contributed by atoms with van der Waals surface area (Å²) in [5.41, 5.74) is 0.156. The Morgan fingerprint density at radius 2 is 2.22 bits per heavy atom. The van der Waals surface area contributed by atoms with Gasteiger partial charge in [0.05, 0.1) is 11.5 Å². The molecule has 1 unspecified atom stereocenters. The van der Waals surface area contributed by atoms with E-state index in [1.54, 1.807) is 0 Å². The molecule has 0 saturated heterocycles. The number of non-ortho nitro benzene ring substituents is 1. The highest BCUT2D eigenvalue weighted by Gasteiger charge is 2.25. The molecule has 18 heavy (non-hydrogen) atoms. The van der Waals surface area contributed by atoms with E-state index >= 15 is 0 Å². The van der Waals surface area contributed by atoms with Crippen molar-refractivity contribution in [3.63, 3.8) is 0 Å². The number of hydrogen-bond acceptors (Lipinski definition) is 5. The maximum Gasteiger partial charge on any atom is 0.325 e. The topological polar surface area (TPSA) is 104 Å². The number of carbonyl (C=O) groups is 1. The summed E-state index contributed by atoms with van der Waals surface area (Å²) >= 11 is 0. The molecule has 98 valence electrons. The molecule has 0 aliphatic carbocycles. The molecule has 0 fully saturated rings. The zero-order chi connectivity index (χ0) is 13.7. The first-order valence-corrected chi connectivity index (χ1v) is 5.25. The van der Waals surface area contributed by atoms with E-state index in [-0.39, 0.29) is 18.8 Å². The van der Waals surface area contributed by atoms with Crippen LogP contribution in [-0.2, 0) is 4.79 Å². The molecule has 0 spiro atoms. The number of nitro groups is 1. The van der Waals surface area contributed by atoms with Crippen LogP contribution in [0.1, 0.15) is 11.6 Å². The normalized spacial score (nSPS) is 12.4. The van der Waals surface area contributed by atoms with Gasteiger partial charge in [0.25, 0.3) is 5.69 Å². The molecule has 0 aromatic heterocycles. The van der Waals surface area contributed by atoms with Gasteiger partial charge in [-0.25, -0.2) is 0 Å². The van der Waals surface area contributed by atoms with Crippen molar-refractivity contribution in [2.75, 3.05) is 20.2 Å². The van der Waals surface area contributed by atoms with Crippen molar-refractivity contribution in [2.24, 2.45) is 0 Å². The number of aliphatic carboxylic acids is 1. The van der Waals surface area contributed by atoms with Crippen molar-refractivity contribution in [3.8, 4) is 0 Å². The fourth-order valence-electron chi connectivity index (χ4n) is 1.68. The quantitative estimate of drug-likeness (QED) is 0.570. The van der Waals surface area contributed by atoms with Crippen molar-refractivity contribution >= 4 is 11.7 Å². The minimum absolute atomic E-state index is 0.156. The van der Waals surface area contributed by atoms with E-state index in [1.807, 2.05) is 0 Å². The number of hydrogen-bond donors (Lipinski definition) is 2. The van der Waals surface area contributed by atoms with Gasteiger partial charge >= 0.3 is 5.97 Å². The van der Waals surface area contributed by atoms with Gasteiger partial charge < -0.3 is 10.2 Å². The third-order valence-electron chi connectivity index (χ3n) is 2.52. The molecule has 7 nitrogen and oxygen atoms in total. The molecule has 0 bridgehead atoms. The molecule has 1 aromatic carbocycles. The largest absolute Gasteiger partial charge is 0.480 e. The third kappa shape index (κ3) is 3.25. The summed E-state index contributed by atoms with van der Waals surface area (Å²) in [6, 6.07) is 4.47. The molecular formula is C11H14N2O5. The van der Waals surface area contributed by atoms with Crippen molar-refractivity contribution < 1.29 is 19.9 Å². The summed E-state index contributed by atoms with van der Waals surface area (Å²) < 4.78 is 0. The van der Waals surface area contributed by atoms with Crippen LogP contribution < -0.4 is 0 Å². The van der Waals surface area contributed by atoms with E-state index < -0.39 is 16.9 Å². The molecule has 7 heteroatoms. The Morgan fingerprint density at radius 1 is 1.56 bits per heavy atom. The molecule has 1 rings (SSSR count). The second-order valence-electron chi connectivity index (χ2n) is 3.80. The molecule has 0 saturated carbocycles. The Bertz CT molecular complexity index is 449. The first-order valence-electron chi connectivity index (χ1n) is 5.25. The van der Waals surface area contributed by atoms with Crippen LogP contribution in [0.3, 0.4) is 0 Å². The van der Waals surface area contributed by atoms with Gasteiger partial charge in [-0.05, 0) is 12.6 Å². The molecule has 2 N–H and O–H groups in total. The van der Waals surface area contributed by atoms with Crippen LogP contribution in [0, 0.1) is 10.1 Å². The predicted octanol–water partition coefficient (Wildman–Crippen LogP) is 0.645.